The molecule has 1 saturated heterocycles. The van der Waals surface area contributed by atoms with Gasteiger partial charge in [-0.3, -0.25) is 9.59 Å². The van der Waals surface area contributed by atoms with Gasteiger partial charge < -0.3 is 24.7 Å². The van der Waals surface area contributed by atoms with Crippen LogP contribution in [0.3, 0.4) is 0 Å². The lowest BCUT2D eigenvalue weighted by atomic mass is 10.1. The molecule has 7 heteroatoms. The minimum Gasteiger partial charge on any atom is -0.508 e. The number of carbonyl (C=O) groups excluding carboxylic acids is 2. The summed E-state index contributed by atoms with van der Waals surface area (Å²) in [6, 6.07) is 12.4. The van der Waals surface area contributed by atoms with E-state index in [0.717, 1.165) is 0 Å². The first-order chi connectivity index (χ1) is 12.9. The molecule has 1 aliphatic heterocycles. The van der Waals surface area contributed by atoms with Crippen molar-refractivity contribution in [2.45, 2.75) is 13.0 Å². The summed E-state index contributed by atoms with van der Waals surface area (Å²) in [5, 5.41) is 18.8. The lowest BCUT2D eigenvalue weighted by Gasteiger charge is -2.36. The highest BCUT2D eigenvalue weighted by Gasteiger charge is 2.28. The number of nitrogens with zero attached hydrogens (tertiary/aromatic N) is 2. The highest BCUT2D eigenvalue weighted by atomic mass is 16.5. The van der Waals surface area contributed by atoms with Crippen LogP contribution in [0.15, 0.2) is 48.5 Å². The zero-order chi connectivity index (χ0) is 19.4. The van der Waals surface area contributed by atoms with Crippen LogP contribution in [0.1, 0.15) is 17.3 Å². The quantitative estimate of drug-likeness (QED) is 0.857. The van der Waals surface area contributed by atoms with Crippen LogP contribution >= 0.6 is 0 Å². The second-order valence-electron chi connectivity index (χ2n) is 6.42. The van der Waals surface area contributed by atoms with Crippen molar-refractivity contribution in [3.05, 3.63) is 54.1 Å². The molecule has 27 heavy (non-hydrogen) atoms. The van der Waals surface area contributed by atoms with E-state index in [-0.39, 0.29) is 23.3 Å². The summed E-state index contributed by atoms with van der Waals surface area (Å²) in [6.07, 6.45) is -0.664. The number of piperazine rings is 1. The van der Waals surface area contributed by atoms with Crippen molar-refractivity contribution in [3.8, 4) is 17.2 Å². The van der Waals surface area contributed by atoms with E-state index in [9.17, 15) is 19.8 Å². The molecule has 1 heterocycles. The van der Waals surface area contributed by atoms with E-state index in [1.54, 1.807) is 41.0 Å². The van der Waals surface area contributed by atoms with Gasteiger partial charge in [0.1, 0.15) is 17.2 Å². The second kappa shape index (κ2) is 7.99. The SMILES string of the molecule is CC(Oc1ccc(O)cc1)C(=O)N1CCN(C(=O)c2cccc(O)c2)CC1. The number of aromatic hydroxyl groups is 2. The summed E-state index contributed by atoms with van der Waals surface area (Å²) < 4.78 is 5.63. The maximum atomic E-state index is 12.6. The topological polar surface area (TPSA) is 90.3 Å². The van der Waals surface area contributed by atoms with Crippen molar-refractivity contribution < 1.29 is 24.5 Å². The highest BCUT2D eigenvalue weighted by molar-refractivity contribution is 5.94. The predicted octanol–water partition coefficient (Wildman–Crippen LogP) is 1.85. The number of benzene rings is 2. The highest BCUT2D eigenvalue weighted by Crippen LogP contribution is 2.19. The van der Waals surface area contributed by atoms with Crippen molar-refractivity contribution in [2.75, 3.05) is 26.2 Å². The van der Waals surface area contributed by atoms with Gasteiger partial charge in [-0.05, 0) is 49.4 Å². The van der Waals surface area contributed by atoms with E-state index in [1.807, 2.05) is 0 Å². The Bertz CT molecular complexity index is 813. The lowest BCUT2D eigenvalue weighted by molar-refractivity contribution is -0.139. The third kappa shape index (κ3) is 4.49. The third-order valence-electron chi connectivity index (χ3n) is 4.47. The number of amides is 2. The Morgan fingerprint density at radius 3 is 2.19 bits per heavy atom. The molecule has 0 saturated carbocycles. The fourth-order valence-corrected chi connectivity index (χ4v) is 2.99. The summed E-state index contributed by atoms with van der Waals surface area (Å²) in [6.45, 7) is 3.37. The number of ether oxygens (including phenoxy) is 1. The first-order valence-electron chi connectivity index (χ1n) is 8.77. The van der Waals surface area contributed by atoms with Crippen LogP contribution < -0.4 is 4.74 Å². The number of phenols is 2. The normalized spacial score (nSPS) is 15.3. The molecular weight excluding hydrogens is 348 g/mol. The van der Waals surface area contributed by atoms with E-state index in [0.29, 0.717) is 37.5 Å². The summed E-state index contributed by atoms with van der Waals surface area (Å²) in [4.78, 5) is 28.4. The average molecular weight is 370 g/mol. The van der Waals surface area contributed by atoms with Crippen LogP contribution in [0.4, 0.5) is 0 Å². The maximum absolute atomic E-state index is 12.6. The first-order valence-corrected chi connectivity index (χ1v) is 8.77. The Balaban J connectivity index is 1.54. The lowest BCUT2D eigenvalue weighted by Crippen LogP contribution is -2.53. The van der Waals surface area contributed by atoms with Gasteiger partial charge in [0, 0.05) is 31.7 Å². The van der Waals surface area contributed by atoms with Crippen LogP contribution in [-0.4, -0.2) is 64.1 Å². The molecule has 1 unspecified atom stereocenters. The Hall–Kier alpha value is -3.22. The van der Waals surface area contributed by atoms with E-state index >= 15 is 0 Å². The minimum atomic E-state index is -0.664. The van der Waals surface area contributed by atoms with Crippen LogP contribution in [0, 0.1) is 0 Å². The monoisotopic (exact) mass is 370 g/mol. The molecule has 1 atom stereocenters. The molecule has 0 bridgehead atoms. The van der Waals surface area contributed by atoms with E-state index in [4.69, 9.17) is 4.74 Å². The Kier molecular flexibility index (Phi) is 5.49. The summed E-state index contributed by atoms with van der Waals surface area (Å²) >= 11 is 0. The molecule has 2 aromatic carbocycles. The molecule has 142 valence electrons. The van der Waals surface area contributed by atoms with Crippen molar-refractivity contribution >= 4 is 11.8 Å². The van der Waals surface area contributed by atoms with Crippen LogP contribution in [0.25, 0.3) is 0 Å². The smallest absolute Gasteiger partial charge is 0.263 e. The van der Waals surface area contributed by atoms with Gasteiger partial charge in [0.15, 0.2) is 6.10 Å². The minimum absolute atomic E-state index is 0.0508. The molecule has 0 spiro atoms. The van der Waals surface area contributed by atoms with E-state index < -0.39 is 6.10 Å². The van der Waals surface area contributed by atoms with Gasteiger partial charge in [-0.15, -0.1) is 0 Å². The summed E-state index contributed by atoms with van der Waals surface area (Å²) in [5.41, 5.74) is 0.429. The number of hydrogen-bond acceptors (Lipinski definition) is 5. The molecule has 1 aliphatic rings. The van der Waals surface area contributed by atoms with Crippen molar-refractivity contribution in [2.24, 2.45) is 0 Å². The molecule has 3 rings (SSSR count). The molecule has 7 nitrogen and oxygen atoms in total. The first kappa shape index (κ1) is 18.6. The number of rotatable bonds is 4. The largest absolute Gasteiger partial charge is 0.508 e. The second-order valence-corrected chi connectivity index (χ2v) is 6.42. The molecule has 2 aromatic rings. The van der Waals surface area contributed by atoms with Gasteiger partial charge in [0.2, 0.25) is 0 Å². The Morgan fingerprint density at radius 1 is 0.926 bits per heavy atom. The molecule has 2 N–H and O–H groups in total. The van der Waals surface area contributed by atoms with Crippen LogP contribution in [0.2, 0.25) is 0 Å². The Labute approximate surface area is 157 Å². The van der Waals surface area contributed by atoms with E-state index in [1.165, 1.54) is 24.3 Å². The third-order valence-corrected chi connectivity index (χ3v) is 4.47. The zero-order valence-corrected chi connectivity index (χ0v) is 15.0. The standard InChI is InChI=1S/C20H22N2O5/c1-14(27-18-7-5-16(23)6-8-18)19(25)21-9-11-22(12-10-21)20(26)15-3-2-4-17(24)13-15/h2-8,13-14,23-24H,9-12H2,1H3. The molecule has 2 amide bonds. The zero-order valence-electron chi connectivity index (χ0n) is 15.0. The fraction of sp³-hybridized carbons (Fsp3) is 0.300. The summed E-state index contributed by atoms with van der Waals surface area (Å²) in [5.74, 6) is 0.383. The predicted molar refractivity (Wildman–Crippen MR) is 98.8 cm³/mol. The van der Waals surface area contributed by atoms with Crippen molar-refractivity contribution in [3.63, 3.8) is 0 Å². The average Bonchev–Trinajstić information content (AvgIpc) is 2.68. The molecule has 1 fully saturated rings. The van der Waals surface area contributed by atoms with Gasteiger partial charge in [0.25, 0.3) is 11.8 Å². The number of carbonyl (C=O) groups is 2. The Morgan fingerprint density at radius 2 is 1.56 bits per heavy atom. The van der Waals surface area contributed by atoms with Crippen LogP contribution in [-0.2, 0) is 4.79 Å². The number of hydrogen-bond donors (Lipinski definition) is 2. The van der Waals surface area contributed by atoms with Gasteiger partial charge >= 0.3 is 0 Å². The summed E-state index contributed by atoms with van der Waals surface area (Å²) in [7, 11) is 0. The molecule has 0 aromatic heterocycles. The molecule has 0 aliphatic carbocycles. The number of phenolic OH excluding ortho intramolecular Hbond substituents is 2. The van der Waals surface area contributed by atoms with Gasteiger partial charge in [-0.2, -0.15) is 0 Å². The van der Waals surface area contributed by atoms with E-state index in [2.05, 4.69) is 0 Å². The fourth-order valence-electron chi connectivity index (χ4n) is 2.99. The van der Waals surface area contributed by atoms with Crippen molar-refractivity contribution in [1.29, 1.82) is 0 Å². The van der Waals surface area contributed by atoms with Gasteiger partial charge in [-0.1, -0.05) is 6.07 Å². The molecular formula is C20H22N2O5. The van der Waals surface area contributed by atoms with Gasteiger partial charge in [-0.25, -0.2) is 0 Å². The van der Waals surface area contributed by atoms with Crippen molar-refractivity contribution in [1.82, 2.24) is 9.80 Å². The van der Waals surface area contributed by atoms with Crippen LogP contribution in [0.5, 0.6) is 17.2 Å². The maximum Gasteiger partial charge on any atom is 0.263 e. The molecule has 0 radical (unpaired) electrons. The van der Waals surface area contributed by atoms with Gasteiger partial charge in [0.05, 0.1) is 0 Å².